The molecule has 0 aliphatic carbocycles. The van der Waals surface area contributed by atoms with Crippen molar-refractivity contribution in [2.75, 3.05) is 26.4 Å². The summed E-state index contributed by atoms with van der Waals surface area (Å²) in [5.41, 5.74) is 0. The number of aliphatic hydroxyl groups excluding tert-OH is 11. The molecule has 0 radical (unpaired) electrons. The second-order valence-corrected chi connectivity index (χ2v) is 18.3. The normalized spacial score (nSPS) is 34.1. The number of carbonyl (C=O) groups excluding carboxylic acids is 1. The summed E-state index contributed by atoms with van der Waals surface area (Å²) in [6.45, 7) is 1.65. The molecule has 3 heterocycles. The molecule has 0 aromatic rings. The summed E-state index contributed by atoms with van der Waals surface area (Å²) in [7, 11) is 0. The first-order valence-corrected chi connectivity index (χ1v) is 24.8. The van der Waals surface area contributed by atoms with Crippen LogP contribution in [0.5, 0.6) is 0 Å². The summed E-state index contributed by atoms with van der Waals surface area (Å²) >= 11 is 0. The Labute approximate surface area is 385 Å². The van der Waals surface area contributed by atoms with Crippen molar-refractivity contribution >= 4 is 5.91 Å². The topological polar surface area (TPSA) is 307 Å². The molecule has 3 saturated heterocycles. The Balaban J connectivity index is 1.51. The summed E-state index contributed by atoms with van der Waals surface area (Å²) in [5, 5.41) is 119. The molecule has 19 heteroatoms. The zero-order valence-corrected chi connectivity index (χ0v) is 39.0. The Morgan fingerprint density at radius 1 is 0.492 bits per heavy atom. The minimum Gasteiger partial charge on any atom is -0.394 e. The molecule has 3 fully saturated rings. The monoisotopic (exact) mass is 942 g/mol. The van der Waals surface area contributed by atoms with Crippen LogP contribution in [0.1, 0.15) is 155 Å². The first-order valence-electron chi connectivity index (χ1n) is 24.8. The fraction of sp³-hybridized carbons (Fsp3) is 0.978. The lowest BCUT2D eigenvalue weighted by Crippen LogP contribution is -2.66. The number of unbranched alkanes of at least 4 members (excludes halogenated alkanes) is 18. The molecule has 3 rings (SSSR count). The van der Waals surface area contributed by atoms with E-state index in [1.165, 1.54) is 70.6 Å². The Hall–Kier alpha value is -1.21. The lowest BCUT2D eigenvalue weighted by molar-refractivity contribution is -0.379. The van der Waals surface area contributed by atoms with E-state index in [1.807, 2.05) is 0 Å². The van der Waals surface area contributed by atoms with Crippen LogP contribution in [0.2, 0.25) is 0 Å². The van der Waals surface area contributed by atoms with Crippen molar-refractivity contribution in [1.82, 2.24) is 5.32 Å². The Kier molecular flexibility index (Phi) is 29.1. The van der Waals surface area contributed by atoms with Gasteiger partial charge in [-0.15, -0.1) is 0 Å². The molecule has 65 heavy (non-hydrogen) atoms. The van der Waals surface area contributed by atoms with E-state index < -0.39 is 124 Å². The zero-order chi connectivity index (χ0) is 47.7. The van der Waals surface area contributed by atoms with E-state index in [-0.39, 0.29) is 18.9 Å². The maximum Gasteiger partial charge on any atom is 0.220 e. The molecule has 0 spiro atoms. The summed E-state index contributed by atoms with van der Waals surface area (Å²) in [4.78, 5) is 13.1. The molecule has 3 aliphatic heterocycles. The maximum absolute atomic E-state index is 13.1. The van der Waals surface area contributed by atoms with Crippen molar-refractivity contribution in [2.45, 2.75) is 259 Å². The molecule has 17 atom stereocenters. The van der Waals surface area contributed by atoms with Crippen LogP contribution in [0, 0.1) is 0 Å². The Morgan fingerprint density at radius 2 is 0.877 bits per heavy atom. The number of carbonyl (C=O) groups is 1. The third-order valence-electron chi connectivity index (χ3n) is 12.9. The van der Waals surface area contributed by atoms with E-state index in [9.17, 15) is 61.0 Å². The van der Waals surface area contributed by atoms with E-state index in [1.54, 1.807) is 0 Å². The van der Waals surface area contributed by atoms with E-state index in [4.69, 9.17) is 28.4 Å². The highest BCUT2D eigenvalue weighted by atomic mass is 16.8. The molecular formula is C46H87NO18. The zero-order valence-electron chi connectivity index (χ0n) is 39.0. The van der Waals surface area contributed by atoms with Gasteiger partial charge in [0.05, 0.1) is 38.6 Å². The first kappa shape index (κ1) is 58.1. The van der Waals surface area contributed by atoms with Gasteiger partial charge in [0, 0.05) is 6.42 Å². The molecule has 1 amide bonds. The highest BCUT2D eigenvalue weighted by Gasteiger charge is 2.53. The standard InChI is InChI=1S/C46H87NO18/c1-3-5-7-9-10-11-12-13-14-15-16-17-18-20-22-24-34(52)47-29(30(51)23-21-19-8-6-4-2)28-60-44-40(58)37(55)42(32(26-49)62-44)65-46-41(59)38(56)43(33(27-50)63-46)64-45-39(57)36(54)35(53)31(25-48)61-45/h29-33,35-46,48-51,53-59H,3-28H2,1-2H3,(H,47,52). The van der Waals surface area contributed by atoms with E-state index in [0.29, 0.717) is 12.8 Å². The van der Waals surface area contributed by atoms with Crippen LogP contribution >= 0.6 is 0 Å². The first-order chi connectivity index (χ1) is 31.3. The third-order valence-corrected chi connectivity index (χ3v) is 12.9. The average Bonchev–Trinajstić information content (AvgIpc) is 3.30. The molecule has 12 N–H and O–H groups in total. The predicted molar refractivity (Wildman–Crippen MR) is 236 cm³/mol. The molecule has 0 aromatic heterocycles. The average molecular weight is 942 g/mol. The van der Waals surface area contributed by atoms with Crippen molar-refractivity contribution in [3.05, 3.63) is 0 Å². The highest BCUT2D eigenvalue weighted by molar-refractivity contribution is 5.76. The second kappa shape index (κ2) is 32.6. The summed E-state index contributed by atoms with van der Waals surface area (Å²) in [6.07, 6.45) is -2.89. The summed E-state index contributed by atoms with van der Waals surface area (Å²) in [6, 6.07) is -0.875. The van der Waals surface area contributed by atoms with Gasteiger partial charge in [0.1, 0.15) is 73.2 Å². The van der Waals surface area contributed by atoms with Gasteiger partial charge in [-0.05, 0) is 12.8 Å². The number of aliphatic hydroxyl groups is 11. The molecular weight excluding hydrogens is 854 g/mol. The number of amides is 1. The largest absolute Gasteiger partial charge is 0.394 e. The smallest absolute Gasteiger partial charge is 0.220 e. The quantitative estimate of drug-likeness (QED) is 0.0399. The van der Waals surface area contributed by atoms with Gasteiger partial charge in [0.2, 0.25) is 5.91 Å². The molecule has 0 saturated carbocycles. The van der Waals surface area contributed by atoms with Gasteiger partial charge in [-0.3, -0.25) is 4.79 Å². The van der Waals surface area contributed by atoms with Crippen LogP contribution in [0.15, 0.2) is 0 Å². The van der Waals surface area contributed by atoms with Gasteiger partial charge in [-0.2, -0.15) is 0 Å². The molecule has 0 aromatic carbocycles. The van der Waals surface area contributed by atoms with Crippen LogP contribution in [0.4, 0.5) is 0 Å². The Bertz CT molecular complexity index is 1220. The van der Waals surface area contributed by atoms with Gasteiger partial charge in [0.15, 0.2) is 18.9 Å². The van der Waals surface area contributed by atoms with Crippen molar-refractivity contribution < 1.29 is 89.4 Å². The molecule has 384 valence electrons. The summed E-state index contributed by atoms with van der Waals surface area (Å²) < 4.78 is 34.0. The number of ether oxygens (including phenoxy) is 6. The summed E-state index contributed by atoms with van der Waals surface area (Å²) in [5.74, 6) is -0.250. The van der Waals surface area contributed by atoms with E-state index in [2.05, 4.69) is 19.2 Å². The SMILES string of the molecule is CCCCCCCCCCCCCCCCCC(=O)NC(COC1OC(CO)C(OC2OC(CO)C(OC3OC(CO)C(O)C(O)C3O)C(O)C2O)C(O)C1O)C(O)CCCCCCC. The van der Waals surface area contributed by atoms with Crippen molar-refractivity contribution in [2.24, 2.45) is 0 Å². The van der Waals surface area contributed by atoms with Crippen LogP contribution < -0.4 is 5.32 Å². The van der Waals surface area contributed by atoms with Gasteiger partial charge < -0.3 is 89.9 Å². The molecule has 3 aliphatic rings. The van der Waals surface area contributed by atoms with Crippen molar-refractivity contribution in [3.8, 4) is 0 Å². The fourth-order valence-corrected chi connectivity index (χ4v) is 8.72. The van der Waals surface area contributed by atoms with E-state index >= 15 is 0 Å². The lowest BCUT2D eigenvalue weighted by Gasteiger charge is -2.48. The molecule has 0 bridgehead atoms. The van der Waals surface area contributed by atoms with Crippen molar-refractivity contribution in [3.63, 3.8) is 0 Å². The minimum atomic E-state index is -1.97. The van der Waals surface area contributed by atoms with Gasteiger partial charge in [0.25, 0.3) is 0 Å². The lowest BCUT2D eigenvalue weighted by atomic mass is 9.96. The van der Waals surface area contributed by atoms with Gasteiger partial charge in [-0.1, -0.05) is 136 Å². The maximum atomic E-state index is 13.1. The van der Waals surface area contributed by atoms with Gasteiger partial charge in [-0.25, -0.2) is 0 Å². The third kappa shape index (κ3) is 19.2. The molecule has 19 nitrogen and oxygen atoms in total. The Morgan fingerprint density at radius 3 is 1.34 bits per heavy atom. The van der Waals surface area contributed by atoms with Crippen LogP contribution in [0.3, 0.4) is 0 Å². The van der Waals surface area contributed by atoms with E-state index in [0.717, 1.165) is 51.4 Å². The van der Waals surface area contributed by atoms with Crippen LogP contribution in [-0.2, 0) is 33.2 Å². The van der Waals surface area contributed by atoms with Crippen LogP contribution in [0.25, 0.3) is 0 Å². The van der Waals surface area contributed by atoms with Gasteiger partial charge >= 0.3 is 0 Å². The predicted octanol–water partition coefficient (Wildman–Crippen LogP) is 0.919. The number of rotatable bonds is 34. The fourth-order valence-electron chi connectivity index (χ4n) is 8.72. The number of nitrogens with one attached hydrogen (secondary N) is 1. The van der Waals surface area contributed by atoms with Crippen molar-refractivity contribution in [1.29, 1.82) is 0 Å². The number of hydrogen-bond acceptors (Lipinski definition) is 18. The highest BCUT2D eigenvalue weighted by Crippen LogP contribution is 2.33. The van der Waals surface area contributed by atoms with Crippen LogP contribution in [-0.4, -0.2) is 193 Å². The molecule has 17 unspecified atom stereocenters. The minimum absolute atomic E-state index is 0.250. The second-order valence-electron chi connectivity index (χ2n) is 18.3. The number of hydrogen-bond donors (Lipinski definition) is 12.